The Labute approximate surface area is 135 Å². The van der Waals surface area contributed by atoms with Gasteiger partial charge in [-0.3, -0.25) is 4.79 Å². The van der Waals surface area contributed by atoms with Crippen LogP contribution in [-0.4, -0.2) is 17.4 Å². The predicted molar refractivity (Wildman–Crippen MR) is 86.5 cm³/mol. The van der Waals surface area contributed by atoms with Gasteiger partial charge in [-0.15, -0.1) is 11.3 Å². The number of thiophene rings is 1. The van der Waals surface area contributed by atoms with E-state index in [4.69, 9.17) is 11.6 Å². The highest BCUT2D eigenvalue weighted by Crippen LogP contribution is 2.37. The first-order valence-electron chi connectivity index (χ1n) is 6.47. The maximum atomic E-state index is 12.6. The van der Waals surface area contributed by atoms with Crippen LogP contribution in [0.5, 0.6) is 0 Å². The number of nitrogens with zero attached hydrogens (tertiary/aromatic N) is 1. The lowest BCUT2D eigenvalue weighted by molar-refractivity contribution is 0.0740. The van der Waals surface area contributed by atoms with E-state index < -0.39 is 0 Å². The van der Waals surface area contributed by atoms with Gasteiger partial charge in [0.1, 0.15) is 0 Å². The maximum absolute atomic E-state index is 12.6. The van der Waals surface area contributed by atoms with Crippen LogP contribution in [0.25, 0.3) is 0 Å². The second kappa shape index (κ2) is 5.88. The van der Waals surface area contributed by atoms with Crippen LogP contribution in [-0.2, 0) is 0 Å². The average Bonchev–Trinajstić information content (AvgIpc) is 3.07. The number of hydrogen-bond acceptors (Lipinski definition) is 2. The van der Waals surface area contributed by atoms with E-state index >= 15 is 0 Å². The molecule has 1 fully saturated rings. The average molecular weight is 371 g/mol. The fraction of sp³-hybridized carbons (Fsp3) is 0.267. The van der Waals surface area contributed by atoms with E-state index in [0.29, 0.717) is 0 Å². The van der Waals surface area contributed by atoms with Crippen LogP contribution < -0.4 is 0 Å². The lowest BCUT2D eigenvalue weighted by Gasteiger charge is -2.25. The van der Waals surface area contributed by atoms with Crippen LogP contribution >= 0.6 is 38.9 Å². The number of carbonyl (C=O) groups excluding carboxylic acids is 1. The van der Waals surface area contributed by atoms with Gasteiger partial charge in [0, 0.05) is 11.6 Å². The second-order valence-corrected chi connectivity index (χ2v) is 7.65. The molecule has 104 valence electrons. The lowest BCUT2D eigenvalue weighted by atomic mass is 10.0. The summed E-state index contributed by atoms with van der Waals surface area (Å²) in [7, 11) is 0. The molecule has 2 heterocycles. The summed E-state index contributed by atoms with van der Waals surface area (Å²) in [6.45, 7) is 0.796. The highest BCUT2D eigenvalue weighted by molar-refractivity contribution is 9.11. The maximum Gasteiger partial charge on any atom is 0.264 e. The molecule has 1 unspecified atom stereocenters. The Kier molecular flexibility index (Phi) is 4.15. The molecule has 0 N–H and O–H groups in total. The number of amides is 1. The fourth-order valence-electron chi connectivity index (χ4n) is 2.65. The smallest absolute Gasteiger partial charge is 0.264 e. The van der Waals surface area contributed by atoms with Gasteiger partial charge < -0.3 is 4.90 Å². The van der Waals surface area contributed by atoms with Gasteiger partial charge in [0.2, 0.25) is 0 Å². The van der Waals surface area contributed by atoms with Crippen molar-refractivity contribution in [2.75, 3.05) is 6.54 Å². The highest BCUT2D eigenvalue weighted by Gasteiger charge is 2.32. The fourth-order valence-corrected chi connectivity index (χ4v) is 4.25. The normalized spacial score (nSPS) is 18.5. The Morgan fingerprint density at radius 2 is 2.10 bits per heavy atom. The van der Waals surface area contributed by atoms with Gasteiger partial charge in [-0.1, -0.05) is 29.8 Å². The summed E-state index contributed by atoms with van der Waals surface area (Å²) in [6, 6.07) is 11.7. The van der Waals surface area contributed by atoms with E-state index in [1.807, 2.05) is 41.3 Å². The van der Waals surface area contributed by atoms with Crippen molar-refractivity contribution in [1.29, 1.82) is 0 Å². The zero-order chi connectivity index (χ0) is 14.1. The van der Waals surface area contributed by atoms with Crippen molar-refractivity contribution in [1.82, 2.24) is 4.90 Å². The Morgan fingerprint density at radius 1 is 1.30 bits per heavy atom. The van der Waals surface area contributed by atoms with Crippen molar-refractivity contribution >= 4 is 44.8 Å². The minimum atomic E-state index is 0.0945. The summed E-state index contributed by atoms with van der Waals surface area (Å²) in [5.41, 5.74) is 1.05. The summed E-state index contributed by atoms with van der Waals surface area (Å²) in [5.74, 6) is 0.100. The third kappa shape index (κ3) is 2.65. The van der Waals surface area contributed by atoms with Crippen LogP contribution in [0.1, 0.15) is 34.1 Å². The van der Waals surface area contributed by atoms with Gasteiger partial charge in [-0.25, -0.2) is 0 Å². The minimum absolute atomic E-state index is 0.0945. The van der Waals surface area contributed by atoms with E-state index in [2.05, 4.69) is 15.9 Å². The first kappa shape index (κ1) is 14.1. The lowest BCUT2D eigenvalue weighted by Crippen LogP contribution is -2.30. The van der Waals surface area contributed by atoms with Crippen molar-refractivity contribution in [2.45, 2.75) is 18.9 Å². The van der Waals surface area contributed by atoms with Crippen LogP contribution in [0.3, 0.4) is 0 Å². The van der Waals surface area contributed by atoms with Gasteiger partial charge >= 0.3 is 0 Å². The molecule has 1 aliphatic heterocycles. The number of rotatable bonds is 2. The van der Waals surface area contributed by atoms with Gasteiger partial charge in [0.05, 0.1) is 14.7 Å². The number of likely N-dealkylation sites (tertiary alicyclic amines) is 1. The van der Waals surface area contributed by atoms with Crippen molar-refractivity contribution in [3.63, 3.8) is 0 Å². The van der Waals surface area contributed by atoms with Crippen LogP contribution in [0, 0.1) is 0 Å². The van der Waals surface area contributed by atoms with Crippen LogP contribution in [0.4, 0.5) is 0 Å². The number of benzene rings is 1. The Bertz CT molecular complexity index is 642. The molecule has 2 aromatic rings. The molecule has 2 nitrogen and oxygen atoms in total. The molecule has 1 aromatic carbocycles. The van der Waals surface area contributed by atoms with Gasteiger partial charge in [-0.05, 0) is 52.5 Å². The molecule has 1 amide bonds. The largest absolute Gasteiger partial charge is 0.331 e. The van der Waals surface area contributed by atoms with E-state index in [1.54, 1.807) is 0 Å². The molecule has 1 aliphatic rings. The van der Waals surface area contributed by atoms with E-state index in [1.165, 1.54) is 11.3 Å². The predicted octanol–water partition coefficient (Wildman–Crippen LogP) is 5.14. The van der Waals surface area contributed by atoms with Crippen LogP contribution in [0.2, 0.25) is 5.02 Å². The molecular formula is C15H13BrClNOS. The monoisotopic (exact) mass is 369 g/mol. The molecule has 3 rings (SSSR count). The summed E-state index contributed by atoms with van der Waals surface area (Å²) in [4.78, 5) is 15.3. The number of hydrogen-bond donors (Lipinski definition) is 0. The molecule has 20 heavy (non-hydrogen) atoms. The van der Waals surface area contributed by atoms with Crippen molar-refractivity contribution in [3.05, 3.63) is 55.6 Å². The third-order valence-corrected chi connectivity index (χ3v) is 5.52. The SMILES string of the molecule is O=C(c1ccc(Br)s1)N1CCCC1c1ccccc1Cl. The quantitative estimate of drug-likeness (QED) is 0.716. The summed E-state index contributed by atoms with van der Waals surface area (Å²) in [5, 5.41) is 0.740. The summed E-state index contributed by atoms with van der Waals surface area (Å²) in [6.07, 6.45) is 2.00. The first-order valence-corrected chi connectivity index (χ1v) is 8.46. The molecule has 1 saturated heterocycles. The van der Waals surface area contributed by atoms with E-state index in [0.717, 1.165) is 38.6 Å². The minimum Gasteiger partial charge on any atom is -0.331 e. The van der Waals surface area contributed by atoms with E-state index in [-0.39, 0.29) is 11.9 Å². The Hall–Kier alpha value is -0.840. The molecule has 1 atom stereocenters. The molecule has 0 saturated carbocycles. The molecule has 0 aliphatic carbocycles. The zero-order valence-corrected chi connectivity index (χ0v) is 13.8. The summed E-state index contributed by atoms with van der Waals surface area (Å²) >= 11 is 11.2. The standard InChI is InChI=1S/C15H13BrClNOS/c16-14-8-7-13(20-14)15(19)18-9-3-6-12(18)10-4-1-2-5-11(10)17/h1-2,4-5,7-8,12H,3,6,9H2. The van der Waals surface area contributed by atoms with E-state index in [9.17, 15) is 4.79 Å². The highest BCUT2D eigenvalue weighted by atomic mass is 79.9. The Balaban J connectivity index is 1.90. The van der Waals surface area contributed by atoms with Gasteiger partial charge in [0.15, 0.2) is 0 Å². The first-order chi connectivity index (χ1) is 9.66. The molecule has 0 spiro atoms. The third-order valence-electron chi connectivity index (χ3n) is 3.56. The van der Waals surface area contributed by atoms with Crippen molar-refractivity contribution < 1.29 is 4.79 Å². The zero-order valence-electron chi connectivity index (χ0n) is 10.7. The molecule has 0 bridgehead atoms. The van der Waals surface area contributed by atoms with Crippen molar-refractivity contribution in [2.24, 2.45) is 0 Å². The molecule has 5 heteroatoms. The topological polar surface area (TPSA) is 20.3 Å². The number of halogens is 2. The van der Waals surface area contributed by atoms with Crippen LogP contribution in [0.15, 0.2) is 40.2 Å². The molecule has 1 aromatic heterocycles. The Morgan fingerprint density at radius 3 is 2.80 bits per heavy atom. The second-order valence-electron chi connectivity index (χ2n) is 4.78. The number of carbonyl (C=O) groups is 1. The van der Waals surface area contributed by atoms with Gasteiger partial charge in [-0.2, -0.15) is 0 Å². The molecular weight excluding hydrogens is 358 g/mol. The van der Waals surface area contributed by atoms with Crippen molar-refractivity contribution in [3.8, 4) is 0 Å². The van der Waals surface area contributed by atoms with Gasteiger partial charge in [0.25, 0.3) is 5.91 Å². The summed E-state index contributed by atoms with van der Waals surface area (Å²) < 4.78 is 0.981. The molecule has 0 radical (unpaired) electrons.